The van der Waals surface area contributed by atoms with Gasteiger partial charge in [-0.3, -0.25) is 4.79 Å². The second-order valence-electron chi connectivity index (χ2n) is 5.36. The van der Waals surface area contributed by atoms with Crippen molar-refractivity contribution in [1.29, 1.82) is 0 Å². The van der Waals surface area contributed by atoms with Crippen LogP contribution in [0.5, 0.6) is 0 Å². The molecule has 1 aliphatic heterocycles. The average Bonchev–Trinajstić information content (AvgIpc) is 2.93. The summed E-state index contributed by atoms with van der Waals surface area (Å²) in [5, 5.41) is 5.58. The van der Waals surface area contributed by atoms with Crippen LogP contribution in [0.2, 0.25) is 0 Å². The second-order valence-corrected chi connectivity index (χ2v) is 6.48. The summed E-state index contributed by atoms with van der Waals surface area (Å²) in [7, 11) is 0. The molecule has 1 aromatic heterocycles. The molecule has 3 rings (SSSR count). The number of rotatable bonds is 2. The van der Waals surface area contributed by atoms with Gasteiger partial charge in [0, 0.05) is 16.5 Å². The molecule has 0 spiro atoms. The number of thiophene rings is 1. The highest BCUT2D eigenvalue weighted by molar-refractivity contribution is 7.10. The predicted molar refractivity (Wildman–Crippen MR) is 70.7 cm³/mol. The summed E-state index contributed by atoms with van der Waals surface area (Å²) < 4.78 is 0. The molecule has 2 fully saturated rings. The lowest BCUT2D eigenvalue weighted by Gasteiger charge is -2.24. The van der Waals surface area contributed by atoms with Crippen molar-refractivity contribution < 1.29 is 4.79 Å². The largest absolute Gasteiger partial charge is 0.304 e. The highest BCUT2D eigenvalue weighted by Crippen LogP contribution is 2.34. The Morgan fingerprint density at radius 1 is 1.41 bits per heavy atom. The van der Waals surface area contributed by atoms with Gasteiger partial charge in [0.2, 0.25) is 0 Å². The lowest BCUT2D eigenvalue weighted by Crippen LogP contribution is -2.37. The van der Waals surface area contributed by atoms with Crippen molar-refractivity contribution in [2.75, 3.05) is 0 Å². The van der Waals surface area contributed by atoms with Crippen molar-refractivity contribution in [2.45, 2.75) is 51.1 Å². The summed E-state index contributed by atoms with van der Waals surface area (Å²) in [6.07, 6.45) is 6.30. The summed E-state index contributed by atoms with van der Waals surface area (Å²) in [6, 6.07) is 2.67. The molecule has 3 atom stereocenters. The topological polar surface area (TPSA) is 29.1 Å². The van der Waals surface area contributed by atoms with Crippen LogP contribution in [0.15, 0.2) is 11.4 Å². The Bertz CT molecular complexity index is 412. The van der Waals surface area contributed by atoms with Crippen molar-refractivity contribution >= 4 is 17.1 Å². The molecule has 0 aromatic carbocycles. The fraction of sp³-hybridized carbons (Fsp3) is 0.643. The van der Waals surface area contributed by atoms with Gasteiger partial charge < -0.3 is 5.32 Å². The molecule has 1 aromatic rings. The molecular formula is C14H19NOS. The molecule has 2 heterocycles. The first kappa shape index (κ1) is 11.4. The van der Waals surface area contributed by atoms with Crippen LogP contribution >= 0.6 is 11.3 Å². The number of nitrogens with one attached hydrogen (secondary N) is 1. The third-order valence-corrected chi connectivity index (χ3v) is 5.15. The van der Waals surface area contributed by atoms with E-state index in [2.05, 4.69) is 5.32 Å². The second kappa shape index (κ2) is 4.54. The standard InChI is InChI=1S/C14H19NOS/c1-9-11(6-7-17-9)14(16)13-8-10-4-2-3-5-12(10)15-13/h6-7,10,12-13,15H,2-5,8H2,1H3. The van der Waals surface area contributed by atoms with Crippen LogP contribution in [0.1, 0.15) is 47.3 Å². The average molecular weight is 249 g/mol. The minimum atomic E-state index is 0.0800. The van der Waals surface area contributed by atoms with Gasteiger partial charge in [0.05, 0.1) is 6.04 Å². The number of hydrogen-bond acceptors (Lipinski definition) is 3. The molecule has 1 N–H and O–H groups in total. The van der Waals surface area contributed by atoms with Gasteiger partial charge in [-0.25, -0.2) is 0 Å². The Kier molecular flexibility index (Phi) is 3.05. The smallest absolute Gasteiger partial charge is 0.180 e. The first-order valence-corrected chi connectivity index (χ1v) is 7.48. The van der Waals surface area contributed by atoms with E-state index >= 15 is 0 Å². The summed E-state index contributed by atoms with van der Waals surface area (Å²) in [5.74, 6) is 1.06. The first-order chi connectivity index (χ1) is 8.25. The molecule has 1 aliphatic carbocycles. The highest BCUT2D eigenvalue weighted by Gasteiger charge is 2.38. The molecule has 0 radical (unpaired) electrons. The SMILES string of the molecule is Cc1sccc1C(=O)C1CC2CCCCC2N1. The van der Waals surface area contributed by atoms with E-state index in [9.17, 15) is 4.79 Å². The van der Waals surface area contributed by atoms with Crippen molar-refractivity contribution in [3.05, 3.63) is 21.9 Å². The number of carbonyl (C=O) groups is 1. The molecule has 0 bridgehead atoms. The summed E-state index contributed by atoms with van der Waals surface area (Å²) in [6.45, 7) is 2.04. The normalized spacial score (nSPS) is 32.4. The van der Waals surface area contributed by atoms with E-state index in [-0.39, 0.29) is 6.04 Å². The summed E-state index contributed by atoms with van der Waals surface area (Å²) >= 11 is 1.67. The quantitative estimate of drug-likeness (QED) is 0.816. The lowest BCUT2D eigenvalue weighted by atomic mass is 9.84. The van der Waals surface area contributed by atoms with Crippen molar-refractivity contribution in [2.24, 2.45) is 5.92 Å². The minimum Gasteiger partial charge on any atom is -0.304 e. The van der Waals surface area contributed by atoms with Crippen LogP contribution in [-0.2, 0) is 0 Å². The molecule has 92 valence electrons. The van der Waals surface area contributed by atoms with Gasteiger partial charge >= 0.3 is 0 Å². The summed E-state index contributed by atoms with van der Waals surface area (Å²) in [5.41, 5.74) is 0.936. The molecular weight excluding hydrogens is 230 g/mol. The van der Waals surface area contributed by atoms with Gasteiger partial charge in [-0.15, -0.1) is 11.3 Å². The Morgan fingerprint density at radius 2 is 2.24 bits per heavy atom. The zero-order chi connectivity index (χ0) is 11.8. The molecule has 0 amide bonds. The Balaban J connectivity index is 1.74. The van der Waals surface area contributed by atoms with Gasteiger partial charge in [0.25, 0.3) is 0 Å². The summed E-state index contributed by atoms with van der Waals surface area (Å²) in [4.78, 5) is 13.6. The van der Waals surface area contributed by atoms with Gasteiger partial charge in [-0.1, -0.05) is 12.8 Å². The lowest BCUT2D eigenvalue weighted by molar-refractivity contribution is 0.0949. The van der Waals surface area contributed by atoms with E-state index in [0.717, 1.165) is 22.8 Å². The van der Waals surface area contributed by atoms with Crippen LogP contribution in [-0.4, -0.2) is 17.9 Å². The maximum absolute atomic E-state index is 12.4. The molecule has 17 heavy (non-hydrogen) atoms. The zero-order valence-corrected chi connectivity index (χ0v) is 11.1. The van der Waals surface area contributed by atoms with E-state index in [4.69, 9.17) is 0 Å². The molecule has 2 nitrogen and oxygen atoms in total. The minimum absolute atomic E-state index is 0.0800. The molecule has 3 unspecified atom stereocenters. The van der Waals surface area contributed by atoms with Crippen LogP contribution in [0.25, 0.3) is 0 Å². The monoisotopic (exact) mass is 249 g/mol. The van der Waals surface area contributed by atoms with Crippen LogP contribution < -0.4 is 5.32 Å². The van der Waals surface area contributed by atoms with Gasteiger partial charge in [0.15, 0.2) is 5.78 Å². The maximum Gasteiger partial charge on any atom is 0.180 e. The van der Waals surface area contributed by atoms with E-state index < -0.39 is 0 Å². The van der Waals surface area contributed by atoms with Gasteiger partial charge in [-0.05, 0) is 43.6 Å². The maximum atomic E-state index is 12.4. The van der Waals surface area contributed by atoms with Crippen LogP contribution in [0.3, 0.4) is 0 Å². The van der Waals surface area contributed by atoms with Crippen molar-refractivity contribution in [1.82, 2.24) is 5.32 Å². The predicted octanol–water partition coefficient (Wildman–Crippen LogP) is 3.16. The van der Waals surface area contributed by atoms with E-state index in [1.54, 1.807) is 11.3 Å². The molecule has 1 saturated carbocycles. The number of fused-ring (bicyclic) bond motifs is 1. The Labute approximate surface area is 106 Å². The third-order valence-electron chi connectivity index (χ3n) is 4.30. The number of ketones is 1. The Hall–Kier alpha value is -0.670. The first-order valence-electron chi connectivity index (χ1n) is 6.60. The van der Waals surface area contributed by atoms with Crippen molar-refractivity contribution in [3.63, 3.8) is 0 Å². The van der Waals surface area contributed by atoms with Crippen molar-refractivity contribution in [3.8, 4) is 0 Å². The van der Waals surface area contributed by atoms with E-state index in [1.807, 2.05) is 18.4 Å². The van der Waals surface area contributed by atoms with E-state index in [1.165, 1.54) is 25.7 Å². The van der Waals surface area contributed by atoms with Crippen LogP contribution in [0, 0.1) is 12.8 Å². The number of Topliss-reactive ketones (excluding diaryl/α,β-unsaturated/α-hetero) is 1. The van der Waals surface area contributed by atoms with E-state index in [0.29, 0.717) is 11.8 Å². The number of hydrogen-bond donors (Lipinski definition) is 1. The fourth-order valence-electron chi connectivity index (χ4n) is 3.35. The van der Waals surface area contributed by atoms with Gasteiger partial charge in [0.1, 0.15) is 0 Å². The molecule has 2 aliphatic rings. The third kappa shape index (κ3) is 2.06. The Morgan fingerprint density at radius 3 is 2.94 bits per heavy atom. The molecule has 3 heteroatoms. The number of carbonyl (C=O) groups excluding carboxylic acids is 1. The zero-order valence-electron chi connectivity index (χ0n) is 10.2. The van der Waals surface area contributed by atoms with Crippen LogP contribution in [0.4, 0.5) is 0 Å². The highest BCUT2D eigenvalue weighted by atomic mass is 32.1. The molecule has 1 saturated heterocycles. The fourth-order valence-corrected chi connectivity index (χ4v) is 4.05. The van der Waals surface area contributed by atoms with Gasteiger partial charge in [-0.2, -0.15) is 0 Å². The number of aryl methyl sites for hydroxylation is 1.